The molecule has 1 heterocycles. The van der Waals surface area contributed by atoms with Crippen LogP contribution in [0.25, 0.3) is 11.3 Å². The average Bonchev–Trinajstić information content (AvgIpc) is 2.58. The van der Waals surface area contributed by atoms with E-state index in [2.05, 4.69) is 26.1 Å². The number of aromatic amines is 1. The minimum absolute atomic E-state index is 0.316. The molecule has 0 bridgehead atoms. The molecule has 0 aliphatic heterocycles. The molecule has 0 radical (unpaired) electrons. The number of aromatic nitrogens is 2. The summed E-state index contributed by atoms with van der Waals surface area (Å²) in [4.78, 5) is 0. The van der Waals surface area contributed by atoms with Crippen molar-refractivity contribution < 1.29 is 4.39 Å². The Morgan fingerprint density at radius 1 is 1.40 bits per heavy atom. The number of H-pyrrole nitrogens is 1. The van der Waals surface area contributed by atoms with Gasteiger partial charge in [-0.2, -0.15) is 5.10 Å². The number of nitrogens with one attached hydrogen (secondary N) is 1. The quantitative estimate of drug-likeness (QED) is 0.837. The van der Waals surface area contributed by atoms with Crippen LogP contribution in [0.5, 0.6) is 0 Å². The van der Waals surface area contributed by atoms with Gasteiger partial charge in [0, 0.05) is 11.6 Å². The van der Waals surface area contributed by atoms with E-state index in [-0.39, 0.29) is 5.82 Å². The summed E-state index contributed by atoms with van der Waals surface area (Å²) in [6, 6.07) is 5.07. The zero-order valence-corrected chi connectivity index (χ0v) is 9.60. The van der Waals surface area contributed by atoms with Gasteiger partial charge < -0.3 is 5.73 Å². The lowest BCUT2D eigenvalue weighted by Crippen LogP contribution is -1.88. The number of rotatable bonds is 1. The maximum atomic E-state index is 13.7. The molecule has 78 valence electrons. The van der Waals surface area contributed by atoms with Crippen LogP contribution in [0, 0.1) is 12.7 Å². The van der Waals surface area contributed by atoms with Gasteiger partial charge >= 0.3 is 0 Å². The first-order chi connectivity index (χ1) is 7.08. The largest absolute Gasteiger partial charge is 0.382 e. The number of hydrogen-bond donors (Lipinski definition) is 2. The Morgan fingerprint density at radius 2 is 2.13 bits per heavy atom. The van der Waals surface area contributed by atoms with Gasteiger partial charge in [-0.1, -0.05) is 0 Å². The van der Waals surface area contributed by atoms with Crippen molar-refractivity contribution in [3.8, 4) is 11.3 Å². The molecule has 0 fully saturated rings. The molecule has 2 aromatic rings. The van der Waals surface area contributed by atoms with Gasteiger partial charge in [-0.25, -0.2) is 4.39 Å². The maximum absolute atomic E-state index is 13.7. The number of benzene rings is 1. The SMILES string of the molecule is Cc1cc(Br)c(F)c(-c2cc(N)n[nH]2)c1. The summed E-state index contributed by atoms with van der Waals surface area (Å²) in [7, 11) is 0. The van der Waals surface area contributed by atoms with Crippen molar-refractivity contribution in [1.29, 1.82) is 0 Å². The molecule has 0 amide bonds. The number of anilines is 1. The van der Waals surface area contributed by atoms with Gasteiger partial charge in [0.15, 0.2) is 0 Å². The fourth-order valence-corrected chi connectivity index (χ4v) is 1.97. The van der Waals surface area contributed by atoms with Crippen molar-refractivity contribution in [1.82, 2.24) is 10.2 Å². The normalized spacial score (nSPS) is 10.6. The van der Waals surface area contributed by atoms with Gasteiger partial charge in [0.05, 0.1) is 10.2 Å². The van der Waals surface area contributed by atoms with E-state index in [1.54, 1.807) is 18.2 Å². The van der Waals surface area contributed by atoms with Crippen LogP contribution in [0.2, 0.25) is 0 Å². The lowest BCUT2D eigenvalue weighted by atomic mass is 10.1. The third-order valence-corrected chi connectivity index (χ3v) is 2.64. The molecular weight excluding hydrogens is 261 g/mol. The molecule has 3 N–H and O–H groups in total. The molecule has 0 unspecified atom stereocenters. The lowest BCUT2D eigenvalue weighted by Gasteiger charge is -2.04. The second-order valence-electron chi connectivity index (χ2n) is 3.31. The van der Waals surface area contributed by atoms with E-state index in [9.17, 15) is 4.39 Å². The van der Waals surface area contributed by atoms with Crippen molar-refractivity contribution in [3.63, 3.8) is 0 Å². The molecule has 5 heteroatoms. The van der Waals surface area contributed by atoms with E-state index >= 15 is 0 Å². The summed E-state index contributed by atoms with van der Waals surface area (Å²) in [6.07, 6.45) is 0. The first-order valence-corrected chi connectivity index (χ1v) is 5.14. The Morgan fingerprint density at radius 3 is 2.73 bits per heavy atom. The Kier molecular flexibility index (Phi) is 2.48. The molecule has 0 saturated heterocycles. The van der Waals surface area contributed by atoms with Gasteiger partial charge in [0.25, 0.3) is 0 Å². The Labute approximate surface area is 94.6 Å². The van der Waals surface area contributed by atoms with E-state index < -0.39 is 0 Å². The summed E-state index contributed by atoms with van der Waals surface area (Å²) in [5.41, 5.74) is 7.47. The predicted octanol–water partition coefficient (Wildman–Crippen LogP) is 2.87. The summed E-state index contributed by atoms with van der Waals surface area (Å²) in [5, 5.41) is 6.45. The number of hydrogen-bond acceptors (Lipinski definition) is 2. The standard InChI is InChI=1S/C10H9BrFN3/c1-5-2-6(10(12)7(11)3-5)8-4-9(13)15-14-8/h2-4H,1H3,(H3,13,14,15). The second kappa shape index (κ2) is 3.66. The third-order valence-electron chi connectivity index (χ3n) is 2.06. The van der Waals surface area contributed by atoms with E-state index in [0.29, 0.717) is 21.5 Å². The van der Waals surface area contributed by atoms with Crippen molar-refractivity contribution in [2.75, 3.05) is 5.73 Å². The highest BCUT2D eigenvalue weighted by Crippen LogP contribution is 2.28. The number of halogens is 2. The van der Waals surface area contributed by atoms with Crippen molar-refractivity contribution >= 4 is 21.7 Å². The van der Waals surface area contributed by atoms with Crippen LogP contribution in [-0.2, 0) is 0 Å². The molecule has 1 aromatic carbocycles. The minimum atomic E-state index is -0.316. The number of nitrogens with zero attached hydrogens (tertiary/aromatic N) is 1. The van der Waals surface area contributed by atoms with Crippen LogP contribution in [0.3, 0.4) is 0 Å². The summed E-state index contributed by atoms with van der Waals surface area (Å²) >= 11 is 3.16. The highest BCUT2D eigenvalue weighted by atomic mass is 79.9. The summed E-state index contributed by atoms with van der Waals surface area (Å²) in [6.45, 7) is 1.90. The molecule has 0 aliphatic carbocycles. The molecule has 1 aromatic heterocycles. The molecule has 15 heavy (non-hydrogen) atoms. The lowest BCUT2D eigenvalue weighted by molar-refractivity contribution is 0.623. The topological polar surface area (TPSA) is 54.7 Å². The molecule has 0 spiro atoms. The molecule has 0 saturated carbocycles. The average molecular weight is 270 g/mol. The van der Waals surface area contributed by atoms with Gasteiger partial charge in [-0.3, -0.25) is 5.10 Å². The smallest absolute Gasteiger partial charge is 0.146 e. The van der Waals surface area contributed by atoms with Crippen LogP contribution in [0.1, 0.15) is 5.56 Å². The Hall–Kier alpha value is -1.36. The monoisotopic (exact) mass is 269 g/mol. The molecule has 3 nitrogen and oxygen atoms in total. The third kappa shape index (κ3) is 1.87. The zero-order chi connectivity index (χ0) is 11.0. The number of aryl methyl sites for hydroxylation is 1. The zero-order valence-electron chi connectivity index (χ0n) is 8.01. The van der Waals surface area contributed by atoms with E-state index in [1.165, 1.54) is 0 Å². The van der Waals surface area contributed by atoms with Crippen LogP contribution in [0.4, 0.5) is 10.2 Å². The van der Waals surface area contributed by atoms with Crippen LogP contribution < -0.4 is 5.73 Å². The highest BCUT2D eigenvalue weighted by molar-refractivity contribution is 9.10. The number of nitrogen functional groups attached to an aromatic ring is 1. The van der Waals surface area contributed by atoms with Crippen molar-refractivity contribution in [3.05, 3.63) is 34.1 Å². The van der Waals surface area contributed by atoms with Crippen LogP contribution in [-0.4, -0.2) is 10.2 Å². The molecular formula is C10H9BrFN3. The maximum Gasteiger partial charge on any atom is 0.146 e. The fourth-order valence-electron chi connectivity index (χ4n) is 1.40. The molecule has 0 atom stereocenters. The second-order valence-corrected chi connectivity index (χ2v) is 4.17. The highest BCUT2D eigenvalue weighted by Gasteiger charge is 2.11. The van der Waals surface area contributed by atoms with E-state index in [0.717, 1.165) is 5.56 Å². The van der Waals surface area contributed by atoms with Gasteiger partial charge in [0.1, 0.15) is 11.6 Å². The van der Waals surface area contributed by atoms with Crippen molar-refractivity contribution in [2.45, 2.75) is 6.92 Å². The minimum Gasteiger partial charge on any atom is -0.382 e. The van der Waals surface area contributed by atoms with E-state index in [1.807, 2.05) is 6.92 Å². The van der Waals surface area contributed by atoms with Crippen molar-refractivity contribution in [2.24, 2.45) is 0 Å². The molecule has 2 rings (SSSR count). The van der Waals surface area contributed by atoms with E-state index in [4.69, 9.17) is 5.73 Å². The van der Waals surface area contributed by atoms with Gasteiger partial charge in [-0.15, -0.1) is 0 Å². The fraction of sp³-hybridized carbons (Fsp3) is 0.100. The first kappa shape index (κ1) is 10.2. The summed E-state index contributed by atoms with van der Waals surface area (Å²) in [5.74, 6) is 0.0336. The Bertz CT molecular complexity index is 507. The van der Waals surface area contributed by atoms with Gasteiger partial charge in [-0.05, 0) is 40.5 Å². The molecule has 0 aliphatic rings. The predicted molar refractivity (Wildman–Crippen MR) is 60.8 cm³/mol. The first-order valence-electron chi connectivity index (χ1n) is 4.35. The number of nitrogens with two attached hydrogens (primary N) is 1. The Balaban J connectivity index is 2.62. The van der Waals surface area contributed by atoms with Crippen LogP contribution in [0.15, 0.2) is 22.7 Å². The van der Waals surface area contributed by atoms with Gasteiger partial charge in [0.2, 0.25) is 0 Å². The van der Waals surface area contributed by atoms with Crippen LogP contribution >= 0.6 is 15.9 Å². The summed E-state index contributed by atoms with van der Waals surface area (Å²) < 4.78 is 14.2.